The van der Waals surface area contributed by atoms with Crippen molar-refractivity contribution in [2.24, 2.45) is 0 Å². The van der Waals surface area contributed by atoms with E-state index in [0.29, 0.717) is 22.8 Å². The predicted molar refractivity (Wildman–Crippen MR) is 110 cm³/mol. The van der Waals surface area contributed by atoms with Crippen LogP contribution in [0.3, 0.4) is 0 Å². The number of benzene rings is 1. The van der Waals surface area contributed by atoms with Crippen molar-refractivity contribution >= 4 is 34.4 Å². The Morgan fingerprint density at radius 3 is 2.75 bits per heavy atom. The molecule has 0 radical (unpaired) electrons. The van der Waals surface area contributed by atoms with Crippen LogP contribution in [0.4, 0.5) is 16.5 Å². The minimum atomic E-state index is -0.581. The van der Waals surface area contributed by atoms with E-state index >= 15 is 0 Å². The van der Waals surface area contributed by atoms with Gasteiger partial charge < -0.3 is 14.5 Å². The van der Waals surface area contributed by atoms with Crippen LogP contribution in [0.15, 0.2) is 66.5 Å². The fourth-order valence-corrected chi connectivity index (χ4v) is 2.51. The second kappa shape index (κ2) is 7.56. The van der Waals surface area contributed by atoms with Gasteiger partial charge in [-0.05, 0) is 39.0 Å². The maximum atomic E-state index is 12.3. The van der Waals surface area contributed by atoms with Crippen LogP contribution in [0, 0.1) is 0 Å². The highest BCUT2D eigenvalue weighted by Gasteiger charge is 2.19. The van der Waals surface area contributed by atoms with Gasteiger partial charge in [-0.15, -0.1) is 0 Å². The van der Waals surface area contributed by atoms with E-state index in [-0.39, 0.29) is 0 Å². The smallest absolute Gasteiger partial charge is 0.420 e. The molecule has 2 heterocycles. The lowest BCUT2D eigenvalue weighted by Gasteiger charge is -2.19. The van der Waals surface area contributed by atoms with Crippen molar-refractivity contribution in [1.29, 1.82) is 0 Å². The molecule has 2 aromatic heterocycles. The quantitative estimate of drug-likeness (QED) is 0.606. The van der Waals surface area contributed by atoms with Crippen molar-refractivity contribution in [3.63, 3.8) is 0 Å². The highest BCUT2D eigenvalue weighted by Crippen LogP contribution is 2.25. The third-order valence-electron chi connectivity index (χ3n) is 3.70. The number of nitrogens with one attached hydrogen (secondary N) is 1. The lowest BCUT2D eigenvalue weighted by atomic mass is 10.2. The summed E-state index contributed by atoms with van der Waals surface area (Å²) in [4.78, 5) is 20.8. The molecule has 0 amide bonds. The van der Waals surface area contributed by atoms with Gasteiger partial charge in [0.15, 0.2) is 5.76 Å². The van der Waals surface area contributed by atoms with Crippen molar-refractivity contribution in [3.8, 4) is 0 Å². The number of hydrogen-bond donors (Lipinski definition) is 1. The number of rotatable bonds is 5. The van der Waals surface area contributed by atoms with E-state index in [9.17, 15) is 4.79 Å². The first kappa shape index (κ1) is 19.2. The van der Waals surface area contributed by atoms with E-state index in [1.54, 1.807) is 36.6 Å². The monoisotopic (exact) mass is 378 g/mol. The zero-order valence-electron chi connectivity index (χ0n) is 16.1. The summed E-state index contributed by atoms with van der Waals surface area (Å²) in [7, 11) is 0. The third-order valence-corrected chi connectivity index (χ3v) is 3.70. The Labute approximate surface area is 163 Å². The van der Waals surface area contributed by atoms with Gasteiger partial charge in [0.2, 0.25) is 0 Å². The molecule has 0 spiro atoms. The average Bonchev–Trinajstić information content (AvgIpc) is 3.25. The molecule has 0 atom stereocenters. The highest BCUT2D eigenvalue weighted by molar-refractivity contribution is 5.88. The van der Waals surface area contributed by atoms with Crippen molar-refractivity contribution < 1.29 is 13.9 Å². The van der Waals surface area contributed by atoms with Crippen LogP contribution in [0.1, 0.15) is 26.5 Å². The van der Waals surface area contributed by atoms with Gasteiger partial charge in [0.05, 0.1) is 17.2 Å². The fraction of sp³-hybridized carbons (Fsp3) is 0.190. The number of anilines is 2. The molecule has 7 heteroatoms. The SMILES string of the molecule is C=C/C=C(\C=C)c1cnc(Nc2ccc3c(c2)ncn3C(=O)OC(C)(C)C)o1. The lowest BCUT2D eigenvalue weighted by Crippen LogP contribution is -2.26. The lowest BCUT2D eigenvalue weighted by molar-refractivity contribution is 0.0543. The first-order valence-corrected chi connectivity index (χ1v) is 8.69. The Morgan fingerprint density at radius 1 is 1.29 bits per heavy atom. The molecule has 3 rings (SSSR count). The van der Waals surface area contributed by atoms with Crippen LogP contribution in [0.2, 0.25) is 0 Å². The molecule has 0 saturated heterocycles. The van der Waals surface area contributed by atoms with Crippen LogP contribution in [-0.2, 0) is 4.74 Å². The van der Waals surface area contributed by atoms with Gasteiger partial charge in [-0.2, -0.15) is 0 Å². The Morgan fingerprint density at radius 2 is 2.07 bits per heavy atom. The summed E-state index contributed by atoms with van der Waals surface area (Å²) in [6.07, 6.45) is 7.69. The minimum Gasteiger partial charge on any atom is -0.443 e. The van der Waals surface area contributed by atoms with E-state index in [4.69, 9.17) is 9.15 Å². The van der Waals surface area contributed by atoms with Crippen LogP contribution >= 0.6 is 0 Å². The summed E-state index contributed by atoms with van der Waals surface area (Å²) in [5, 5.41) is 3.08. The molecule has 7 nitrogen and oxygen atoms in total. The van der Waals surface area contributed by atoms with Crippen molar-refractivity contribution in [2.45, 2.75) is 26.4 Å². The van der Waals surface area contributed by atoms with Gasteiger partial charge in [0, 0.05) is 11.3 Å². The van der Waals surface area contributed by atoms with Gasteiger partial charge in [0.1, 0.15) is 11.9 Å². The maximum Gasteiger partial charge on any atom is 0.420 e. The van der Waals surface area contributed by atoms with Crippen LogP contribution in [-0.4, -0.2) is 26.2 Å². The molecule has 0 aliphatic heterocycles. The summed E-state index contributed by atoms with van der Waals surface area (Å²) in [6, 6.07) is 5.72. The summed E-state index contributed by atoms with van der Waals surface area (Å²) in [5.41, 5.74) is 2.21. The van der Waals surface area contributed by atoms with E-state index in [0.717, 1.165) is 11.3 Å². The number of aromatic nitrogens is 3. The summed E-state index contributed by atoms with van der Waals surface area (Å²) < 4.78 is 12.5. The molecular weight excluding hydrogens is 356 g/mol. The predicted octanol–water partition coefficient (Wildman–Crippen LogP) is 5.31. The van der Waals surface area contributed by atoms with Crippen LogP contribution < -0.4 is 5.32 Å². The standard InChI is InChI=1S/C21H22N4O3/c1-6-8-14(7-2)18-12-22-19(27-18)24-15-9-10-17-16(11-15)23-13-25(17)20(26)28-21(3,4)5/h6-13H,1-2H2,3-5H3,(H,22,24)/b14-8+. The number of imidazole rings is 1. The van der Waals surface area contributed by atoms with Crippen molar-refractivity contribution in [2.75, 3.05) is 5.32 Å². The number of hydrogen-bond acceptors (Lipinski definition) is 6. The number of carbonyl (C=O) groups excluding carboxylic acids is 1. The second-order valence-corrected chi connectivity index (χ2v) is 7.01. The van der Waals surface area contributed by atoms with E-state index in [1.165, 1.54) is 10.9 Å². The summed E-state index contributed by atoms with van der Waals surface area (Å²) in [6.45, 7) is 12.9. The van der Waals surface area contributed by atoms with Gasteiger partial charge in [-0.3, -0.25) is 0 Å². The van der Waals surface area contributed by atoms with Crippen molar-refractivity contribution in [3.05, 3.63) is 67.9 Å². The molecule has 0 bridgehead atoms. The molecule has 0 aliphatic rings. The molecule has 28 heavy (non-hydrogen) atoms. The largest absolute Gasteiger partial charge is 0.443 e. The molecule has 144 valence electrons. The number of fused-ring (bicyclic) bond motifs is 1. The van der Waals surface area contributed by atoms with Gasteiger partial charge >= 0.3 is 6.09 Å². The van der Waals surface area contributed by atoms with Gasteiger partial charge in [-0.25, -0.2) is 19.3 Å². The molecule has 3 aromatic rings. The first-order chi connectivity index (χ1) is 13.3. The molecule has 1 N–H and O–H groups in total. The molecular formula is C21H22N4O3. The fourth-order valence-electron chi connectivity index (χ4n) is 2.51. The van der Waals surface area contributed by atoms with Crippen LogP contribution in [0.25, 0.3) is 16.6 Å². The topological polar surface area (TPSA) is 82.2 Å². The Kier molecular flexibility index (Phi) is 5.17. The first-order valence-electron chi connectivity index (χ1n) is 8.69. The number of nitrogens with zero attached hydrogens (tertiary/aromatic N) is 3. The Bertz CT molecular complexity index is 1070. The molecule has 0 aliphatic carbocycles. The molecule has 0 unspecified atom stereocenters. The number of ether oxygens (including phenoxy) is 1. The Balaban J connectivity index is 1.82. The number of oxazole rings is 1. The molecule has 0 fully saturated rings. The minimum absolute atomic E-state index is 0.331. The van der Waals surface area contributed by atoms with E-state index in [2.05, 4.69) is 28.4 Å². The maximum absolute atomic E-state index is 12.3. The number of carbonyl (C=O) groups is 1. The molecule has 0 saturated carbocycles. The van der Waals surface area contributed by atoms with Gasteiger partial charge in [0.25, 0.3) is 6.01 Å². The average molecular weight is 378 g/mol. The zero-order chi connectivity index (χ0) is 20.3. The Hall–Kier alpha value is -3.61. The summed E-state index contributed by atoms with van der Waals surface area (Å²) in [5.74, 6) is 0.577. The van der Waals surface area contributed by atoms with Gasteiger partial charge in [-0.1, -0.05) is 31.4 Å². The van der Waals surface area contributed by atoms with E-state index < -0.39 is 11.7 Å². The molecule has 1 aromatic carbocycles. The second-order valence-electron chi connectivity index (χ2n) is 7.01. The zero-order valence-corrected chi connectivity index (χ0v) is 16.1. The van der Waals surface area contributed by atoms with Crippen LogP contribution in [0.5, 0.6) is 0 Å². The normalized spacial score (nSPS) is 12.0. The van der Waals surface area contributed by atoms with E-state index in [1.807, 2.05) is 26.8 Å². The number of allylic oxidation sites excluding steroid dienone is 4. The van der Waals surface area contributed by atoms with Crippen molar-refractivity contribution in [1.82, 2.24) is 14.5 Å². The summed E-state index contributed by atoms with van der Waals surface area (Å²) >= 11 is 0. The third kappa shape index (κ3) is 4.20. The highest BCUT2D eigenvalue weighted by atomic mass is 16.6.